The first-order chi connectivity index (χ1) is 8.27. The van der Waals surface area contributed by atoms with E-state index in [1.54, 1.807) is 6.92 Å². The van der Waals surface area contributed by atoms with Gasteiger partial charge < -0.3 is 4.74 Å². The van der Waals surface area contributed by atoms with E-state index in [1.807, 2.05) is 6.92 Å². The Morgan fingerprint density at radius 1 is 1.44 bits per heavy atom. The maximum absolute atomic E-state index is 11.7. The number of carbonyl (C=O) groups excluding carboxylic acids is 1. The van der Waals surface area contributed by atoms with Crippen molar-refractivity contribution in [2.45, 2.75) is 25.2 Å². The van der Waals surface area contributed by atoms with Crippen LogP contribution in [0.5, 0.6) is 0 Å². The molecule has 5 nitrogen and oxygen atoms in total. The van der Waals surface area contributed by atoms with Gasteiger partial charge in [-0.2, -0.15) is 0 Å². The number of primary sulfonamides is 1. The molecule has 0 saturated carbocycles. The first-order valence-corrected chi connectivity index (χ1v) is 7.20. The molecule has 1 aromatic rings. The predicted molar refractivity (Wildman–Crippen MR) is 68.1 cm³/mol. The third-order valence-corrected chi connectivity index (χ3v) is 3.59. The molecule has 0 aromatic heterocycles. The van der Waals surface area contributed by atoms with Crippen molar-refractivity contribution in [3.8, 4) is 0 Å². The Morgan fingerprint density at radius 2 is 2.06 bits per heavy atom. The number of rotatable bonds is 4. The summed E-state index contributed by atoms with van der Waals surface area (Å²) >= 11 is 5.88. The monoisotopic (exact) mass is 291 g/mol. The Bertz CT molecular complexity index is 569. The normalized spacial score (nSPS) is 11.3. The van der Waals surface area contributed by atoms with Crippen LogP contribution in [0.3, 0.4) is 0 Å². The second-order valence-electron chi connectivity index (χ2n) is 3.76. The van der Waals surface area contributed by atoms with Crippen LogP contribution < -0.4 is 5.14 Å². The number of carbonyl (C=O) groups is 1. The molecular formula is C11H14ClNO4S. The lowest BCUT2D eigenvalue weighted by Gasteiger charge is -2.09. The molecule has 0 saturated heterocycles. The fourth-order valence-corrected chi connectivity index (χ4v) is 2.15. The predicted octanol–water partition coefficient (Wildman–Crippen LogP) is 1.86. The fourth-order valence-electron chi connectivity index (χ4n) is 1.30. The smallest absolute Gasteiger partial charge is 0.338 e. The van der Waals surface area contributed by atoms with Crippen molar-refractivity contribution in [2.24, 2.45) is 5.14 Å². The number of hydrogen-bond acceptors (Lipinski definition) is 4. The van der Waals surface area contributed by atoms with Crippen LogP contribution in [-0.2, 0) is 14.8 Å². The van der Waals surface area contributed by atoms with E-state index in [0.717, 1.165) is 0 Å². The van der Waals surface area contributed by atoms with Crippen molar-refractivity contribution in [1.82, 2.24) is 0 Å². The number of esters is 1. The molecule has 2 N–H and O–H groups in total. The summed E-state index contributed by atoms with van der Waals surface area (Å²) in [5.74, 6) is -0.609. The highest BCUT2D eigenvalue weighted by Crippen LogP contribution is 2.24. The van der Waals surface area contributed by atoms with Gasteiger partial charge in [0.25, 0.3) is 0 Å². The lowest BCUT2D eigenvalue weighted by molar-refractivity contribution is 0.0504. The zero-order chi connectivity index (χ0) is 13.9. The molecular weight excluding hydrogens is 278 g/mol. The molecule has 0 aliphatic rings. The van der Waals surface area contributed by atoms with Crippen molar-refractivity contribution in [1.29, 1.82) is 0 Å². The maximum atomic E-state index is 11.7. The zero-order valence-electron chi connectivity index (χ0n) is 10.1. The van der Waals surface area contributed by atoms with Crippen LogP contribution in [0, 0.1) is 6.92 Å². The van der Waals surface area contributed by atoms with Gasteiger partial charge in [-0.3, -0.25) is 0 Å². The molecule has 0 radical (unpaired) electrons. The van der Waals surface area contributed by atoms with Crippen LogP contribution in [0.1, 0.15) is 29.3 Å². The van der Waals surface area contributed by atoms with Gasteiger partial charge in [-0.1, -0.05) is 18.5 Å². The second kappa shape index (κ2) is 5.69. The van der Waals surface area contributed by atoms with E-state index < -0.39 is 16.0 Å². The summed E-state index contributed by atoms with van der Waals surface area (Å²) in [4.78, 5) is 11.5. The van der Waals surface area contributed by atoms with Crippen LogP contribution in [-0.4, -0.2) is 21.0 Å². The summed E-state index contributed by atoms with van der Waals surface area (Å²) < 4.78 is 27.5. The van der Waals surface area contributed by atoms with Crippen LogP contribution in [0.25, 0.3) is 0 Å². The molecule has 0 aliphatic heterocycles. The zero-order valence-corrected chi connectivity index (χ0v) is 11.6. The van der Waals surface area contributed by atoms with Crippen LogP contribution in [0.15, 0.2) is 17.0 Å². The molecule has 0 fully saturated rings. The topological polar surface area (TPSA) is 86.5 Å². The highest BCUT2D eigenvalue weighted by Gasteiger charge is 2.18. The van der Waals surface area contributed by atoms with E-state index in [4.69, 9.17) is 21.5 Å². The van der Waals surface area contributed by atoms with Crippen LogP contribution >= 0.6 is 11.6 Å². The van der Waals surface area contributed by atoms with Gasteiger partial charge in [0.05, 0.1) is 17.1 Å². The Balaban J connectivity index is 3.27. The van der Waals surface area contributed by atoms with Gasteiger partial charge in [0.2, 0.25) is 10.0 Å². The fraction of sp³-hybridized carbons (Fsp3) is 0.364. The van der Waals surface area contributed by atoms with E-state index in [-0.39, 0.29) is 22.1 Å². The minimum Gasteiger partial charge on any atom is -0.462 e. The molecule has 0 amide bonds. The molecule has 0 atom stereocenters. The molecule has 0 aliphatic carbocycles. The maximum Gasteiger partial charge on any atom is 0.338 e. The van der Waals surface area contributed by atoms with Crippen molar-refractivity contribution < 1.29 is 17.9 Å². The standard InChI is InChI=1S/C11H14ClNO4S/c1-3-4-17-11(14)9-5-8(18(13,15)16)6-10(12)7(9)2/h5-6H,3-4H2,1-2H3,(H2,13,15,16). The van der Waals surface area contributed by atoms with Gasteiger partial charge in [0.1, 0.15) is 0 Å². The average Bonchev–Trinajstić information content (AvgIpc) is 2.27. The van der Waals surface area contributed by atoms with Crippen molar-refractivity contribution in [3.63, 3.8) is 0 Å². The van der Waals surface area contributed by atoms with E-state index in [0.29, 0.717) is 12.0 Å². The number of sulfonamides is 1. The van der Waals surface area contributed by atoms with Gasteiger partial charge in [-0.15, -0.1) is 0 Å². The average molecular weight is 292 g/mol. The van der Waals surface area contributed by atoms with Gasteiger partial charge >= 0.3 is 5.97 Å². The largest absolute Gasteiger partial charge is 0.462 e. The number of ether oxygens (including phenoxy) is 1. The lowest BCUT2D eigenvalue weighted by atomic mass is 10.1. The van der Waals surface area contributed by atoms with Crippen LogP contribution in [0.2, 0.25) is 5.02 Å². The lowest BCUT2D eigenvalue weighted by Crippen LogP contribution is -2.15. The van der Waals surface area contributed by atoms with Crippen molar-refractivity contribution >= 4 is 27.6 Å². The summed E-state index contributed by atoms with van der Waals surface area (Å²) in [6.07, 6.45) is 0.674. The van der Waals surface area contributed by atoms with Crippen molar-refractivity contribution in [2.75, 3.05) is 6.61 Å². The minimum atomic E-state index is -3.91. The molecule has 7 heteroatoms. The highest BCUT2D eigenvalue weighted by atomic mass is 35.5. The molecule has 18 heavy (non-hydrogen) atoms. The van der Waals surface area contributed by atoms with E-state index in [2.05, 4.69) is 0 Å². The first kappa shape index (κ1) is 14.9. The molecule has 1 aromatic carbocycles. The second-order valence-corrected chi connectivity index (χ2v) is 5.73. The third-order valence-electron chi connectivity index (χ3n) is 2.30. The van der Waals surface area contributed by atoms with Crippen molar-refractivity contribution in [3.05, 3.63) is 28.3 Å². The Morgan fingerprint density at radius 3 is 2.56 bits per heavy atom. The number of halogens is 1. The number of nitrogens with two attached hydrogens (primary N) is 1. The minimum absolute atomic E-state index is 0.111. The molecule has 100 valence electrons. The summed E-state index contributed by atoms with van der Waals surface area (Å²) in [5, 5.41) is 5.16. The Hall–Kier alpha value is -1.11. The van der Waals surface area contributed by atoms with Gasteiger partial charge in [-0.25, -0.2) is 18.4 Å². The summed E-state index contributed by atoms with van der Waals surface area (Å²) in [7, 11) is -3.91. The SMILES string of the molecule is CCCOC(=O)c1cc(S(N)(=O)=O)cc(Cl)c1C. The third kappa shape index (κ3) is 3.44. The summed E-state index contributed by atoms with van der Waals surface area (Å²) in [6, 6.07) is 2.39. The molecule has 1 rings (SSSR count). The molecule has 0 heterocycles. The first-order valence-electron chi connectivity index (χ1n) is 5.27. The van der Waals surface area contributed by atoms with E-state index in [9.17, 15) is 13.2 Å². The Labute approximate surface area is 111 Å². The highest BCUT2D eigenvalue weighted by molar-refractivity contribution is 7.89. The summed E-state index contributed by atoms with van der Waals surface area (Å²) in [5.41, 5.74) is 0.574. The quantitative estimate of drug-likeness (QED) is 0.858. The number of hydrogen-bond donors (Lipinski definition) is 1. The van der Waals surface area contributed by atoms with Gasteiger partial charge in [-0.05, 0) is 31.0 Å². The summed E-state index contributed by atoms with van der Waals surface area (Å²) in [6.45, 7) is 3.72. The van der Waals surface area contributed by atoms with Gasteiger partial charge in [0, 0.05) is 5.02 Å². The van der Waals surface area contributed by atoms with E-state index >= 15 is 0 Å². The molecule has 0 bridgehead atoms. The Kier molecular flexibility index (Phi) is 4.72. The molecule has 0 spiro atoms. The number of benzene rings is 1. The molecule has 0 unspecified atom stereocenters. The van der Waals surface area contributed by atoms with Gasteiger partial charge in [0.15, 0.2) is 0 Å². The van der Waals surface area contributed by atoms with E-state index in [1.165, 1.54) is 12.1 Å². The van der Waals surface area contributed by atoms with Crippen LogP contribution in [0.4, 0.5) is 0 Å².